The highest BCUT2D eigenvalue weighted by Gasteiger charge is 2.07. The topological polar surface area (TPSA) is 47.6 Å². The lowest BCUT2D eigenvalue weighted by molar-refractivity contribution is -0.111. The molecule has 0 aliphatic rings. The second kappa shape index (κ2) is 9.79. The zero-order chi connectivity index (χ0) is 21.5. The number of nitrogens with one attached hydrogen (secondary N) is 1. The van der Waals surface area contributed by atoms with Crippen molar-refractivity contribution in [3.05, 3.63) is 94.6 Å². The van der Waals surface area contributed by atoms with Gasteiger partial charge in [-0.3, -0.25) is 4.79 Å². The molecule has 3 aromatic rings. The van der Waals surface area contributed by atoms with Crippen molar-refractivity contribution in [2.75, 3.05) is 12.4 Å². The van der Waals surface area contributed by atoms with E-state index in [4.69, 9.17) is 9.47 Å². The maximum absolute atomic E-state index is 12.3. The largest absolute Gasteiger partial charge is 0.493 e. The zero-order valence-electron chi connectivity index (χ0n) is 17.9. The van der Waals surface area contributed by atoms with Crippen LogP contribution in [0.25, 0.3) is 6.08 Å². The molecule has 0 spiro atoms. The Morgan fingerprint density at radius 2 is 1.73 bits per heavy atom. The standard InChI is InChI=1S/C26H27NO3/c1-18-9-10-20(3)23(15-18)27-26(28)14-12-21-11-13-24(25(16-21)29-4)30-17-22-8-6-5-7-19(22)2/h5-16H,17H2,1-4H3,(H,27,28). The summed E-state index contributed by atoms with van der Waals surface area (Å²) in [5.74, 6) is 1.11. The molecule has 0 saturated carbocycles. The molecule has 0 bridgehead atoms. The summed E-state index contributed by atoms with van der Waals surface area (Å²) in [5, 5.41) is 2.92. The highest BCUT2D eigenvalue weighted by atomic mass is 16.5. The van der Waals surface area contributed by atoms with Gasteiger partial charge >= 0.3 is 0 Å². The monoisotopic (exact) mass is 401 g/mol. The molecule has 3 aromatic carbocycles. The number of hydrogen-bond donors (Lipinski definition) is 1. The third kappa shape index (κ3) is 5.51. The SMILES string of the molecule is COc1cc(C=CC(=O)Nc2cc(C)ccc2C)ccc1OCc1ccccc1C. The van der Waals surface area contributed by atoms with E-state index >= 15 is 0 Å². The summed E-state index contributed by atoms with van der Waals surface area (Å²) < 4.78 is 11.4. The van der Waals surface area contributed by atoms with E-state index in [2.05, 4.69) is 18.3 Å². The average Bonchev–Trinajstić information content (AvgIpc) is 2.74. The van der Waals surface area contributed by atoms with Crippen LogP contribution in [0.2, 0.25) is 0 Å². The number of amides is 1. The second-order valence-electron chi connectivity index (χ2n) is 7.27. The van der Waals surface area contributed by atoms with Crippen LogP contribution >= 0.6 is 0 Å². The quantitative estimate of drug-likeness (QED) is 0.505. The van der Waals surface area contributed by atoms with Gasteiger partial charge in [-0.25, -0.2) is 0 Å². The maximum atomic E-state index is 12.3. The Morgan fingerprint density at radius 1 is 0.933 bits per heavy atom. The Labute approximate surface area is 178 Å². The molecule has 30 heavy (non-hydrogen) atoms. The number of carbonyl (C=O) groups is 1. The lowest BCUT2D eigenvalue weighted by atomic mass is 10.1. The highest BCUT2D eigenvalue weighted by Crippen LogP contribution is 2.29. The van der Waals surface area contributed by atoms with Crippen molar-refractivity contribution >= 4 is 17.7 Å². The zero-order valence-corrected chi connectivity index (χ0v) is 17.9. The summed E-state index contributed by atoms with van der Waals surface area (Å²) in [6, 6.07) is 19.7. The molecule has 0 aliphatic carbocycles. The summed E-state index contributed by atoms with van der Waals surface area (Å²) in [6.45, 7) is 6.50. The van der Waals surface area contributed by atoms with Crippen molar-refractivity contribution in [2.24, 2.45) is 0 Å². The first-order valence-corrected chi connectivity index (χ1v) is 9.88. The number of hydrogen-bond acceptors (Lipinski definition) is 3. The van der Waals surface area contributed by atoms with E-state index in [1.807, 2.05) is 68.4 Å². The molecule has 0 heterocycles. The van der Waals surface area contributed by atoms with Gasteiger partial charge in [-0.05, 0) is 72.9 Å². The number of rotatable bonds is 7. The van der Waals surface area contributed by atoms with Crippen molar-refractivity contribution in [3.63, 3.8) is 0 Å². The van der Waals surface area contributed by atoms with Gasteiger partial charge in [0.15, 0.2) is 11.5 Å². The second-order valence-corrected chi connectivity index (χ2v) is 7.27. The Hall–Kier alpha value is -3.53. The minimum atomic E-state index is -0.178. The molecule has 3 rings (SSSR count). The van der Waals surface area contributed by atoms with Crippen molar-refractivity contribution in [1.82, 2.24) is 0 Å². The van der Waals surface area contributed by atoms with Crippen molar-refractivity contribution in [1.29, 1.82) is 0 Å². The molecule has 0 fully saturated rings. The molecule has 0 aromatic heterocycles. The van der Waals surface area contributed by atoms with Crippen LogP contribution in [-0.2, 0) is 11.4 Å². The highest BCUT2D eigenvalue weighted by molar-refractivity contribution is 6.02. The molecule has 1 amide bonds. The first-order valence-electron chi connectivity index (χ1n) is 9.88. The van der Waals surface area contributed by atoms with Crippen LogP contribution < -0.4 is 14.8 Å². The van der Waals surface area contributed by atoms with Gasteiger partial charge in [0.05, 0.1) is 7.11 Å². The fraction of sp³-hybridized carbons (Fsp3) is 0.192. The van der Waals surface area contributed by atoms with E-state index in [9.17, 15) is 4.79 Å². The van der Waals surface area contributed by atoms with E-state index in [1.54, 1.807) is 13.2 Å². The minimum Gasteiger partial charge on any atom is -0.493 e. The summed E-state index contributed by atoms with van der Waals surface area (Å²) in [6.07, 6.45) is 3.28. The summed E-state index contributed by atoms with van der Waals surface area (Å²) in [7, 11) is 1.61. The normalized spacial score (nSPS) is 10.8. The van der Waals surface area contributed by atoms with Gasteiger partial charge in [0, 0.05) is 11.8 Å². The Balaban J connectivity index is 1.67. The molecule has 154 valence electrons. The van der Waals surface area contributed by atoms with Crippen LogP contribution in [0.15, 0.2) is 66.7 Å². The number of methoxy groups -OCH3 is 1. The van der Waals surface area contributed by atoms with Crippen LogP contribution in [0, 0.1) is 20.8 Å². The summed E-state index contributed by atoms with van der Waals surface area (Å²) in [5.41, 5.74) is 6.12. The van der Waals surface area contributed by atoms with Gasteiger partial charge in [-0.1, -0.05) is 42.5 Å². The van der Waals surface area contributed by atoms with Gasteiger partial charge in [-0.2, -0.15) is 0 Å². The summed E-state index contributed by atoms with van der Waals surface area (Å²) in [4.78, 5) is 12.3. The van der Waals surface area contributed by atoms with Gasteiger partial charge in [0.25, 0.3) is 0 Å². The molecule has 0 atom stereocenters. The minimum absolute atomic E-state index is 0.178. The van der Waals surface area contributed by atoms with Crippen LogP contribution in [-0.4, -0.2) is 13.0 Å². The van der Waals surface area contributed by atoms with Crippen molar-refractivity contribution in [2.45, 2.75) is 27.4 Å². The molecule has 4 nitrogen and oxygen atoms in total. The lowest BCUT2D eigenvalue weighted by Gasteiger charge is -2.12. The maximum Gasteiger partial charge on any atom is 0.248 e. The summed E-state index contributed by atoms with van der Waals surface area (Å²) >= 11 is 0. The fourth-order valence-electron chi connectivity index (χ4n) is 3.05. The molecule has 0 aliphatic heterocycles. The number of anilines is 1. The van der Waals surface area contributed by atoms with E-state index < -0.39 is 0 Å². The van der Waals surface area contributed by atoms with Gasteiger partial charge in [0.1, 0.15) is 6.61 Å². The molecular formula is C26H27NO3. The number of aryl methyl sites for hydroxylation is 3. The first-order chi connectivity index (χ1) is 14.5. The van der Waals surface area contributed by atoms with E-state index in [0.717, 1.165) is 27.9 Å². The molecule has 1 N–H and O–H groups in total. The molecule has 0 unspecified atom stereocenters. The van der Waals surface area contributed by atoms with E-state index in [1.165, 1.54) is 11.6 Å². The number of carbonyl (C=O) groups excluding carboxylic acids is 1. The van der Waals surface area contributed by atoms with Crippen molar-refractivity contribution in [3.8, 4) is 11.5 Å². The van der Waals surface area contributed by atoms with Gasteiger partial charge < -0.3 is 14.8 Å². The Morgan fingerprint density at radius 3 is 2.50 bits per heavy atom. The Bertz CT molecular complexity index is 1070. The molecule has 0 radical (unpaired) electrons. The number of ether oxygens (including phenoxy) is 2. The molecular weight excluding hydrogens is 374 g/mol. The fourth-order valence-corrected chi connectivity index (χ4v) is 3.05. The third-order valence-corrected chi connectivity index (χ3v) is 4.91. The molecule has 4 heteroatoms. The third-order valence-electron chi connectivity index (χ3n) is 4.91. The van der Waals surface area contributed by atoms with Crippen LogP contribution in [0.1, 0.15) is 27.8 Å². The van der Waals surface area contributed by atoms with E-state index in [0.29, 0.717) is 18.1 Å². The van der Waals surface area contributed by atoms with Gasteiger partial charge in [-0.15, -0.1) is 0 Å². The predicted octanol–water partition coefficient (Wildman–Crippen LogP) is 5.85. The smallest absolute Gasteiger partial charge is 0.248 e. The van der Waals surface area contributed by atoms with Gasteiger partial charge in [0.2, 0.25) is 5.91 Å². The van der Waals surface area contributed by atoms with E-state index in [-0.39, 0.29) is 5.91 Å². The van der Waals surface area contributed by atoms with Crippen LogP contribution in [0.4, 0.5) is 5.69 Å². The average molecular weight is 402 g/mol. The van der Waals surface area contributed by atoms with Crippen molar-refractivity contribution < 1.29 is 14.3 Å². The number of benzene rings is 3. The molecule has 0 saturated heterocycles. The van der Waals surface area contributed by atoms with Crippen LogP contribution in [0.5, 0.6) is 11.5 Å². The lowest BCUT2D eigenvalue weighted by Crippen LogP contribution is -2.09. The predicted molar refractivity (Wildman–Crippen MR) is 122 cm³/mol. The van der Waals surface area contributed by atoms with Crippen LogP contribution in [0.3, 0.4) is 0 Å². The first kappa shape index (κ1) is 21.2. The Kier molecular flexibility index (Phi) is 6.91.